The van der Waals surface area contributed by atoms with Crippen LogP contribution in [0.25, 0.3) is 0 Å². The van der Waals surface area contributed by atoms with Gasteiger partial charge in [0.25, 0.3) is 0 Å². The highest BCUT2D eigenvalue weighted by atomic mass is 16.6. The molecule has 2 N–H and O–H groups in total. The molecule has 1 saturated heterocycles. The second-order valence-corrected chi connectivity index (χ2v) is 2.86. The van der Waals surface area contributed by atoms with E-state index in [2.05, 4.69) is 11.9 Å². The Morgan fingerprint density at radius 1 is 1.64 bits per heavy atom. The van der Waals surface area contributed by atoms with E-state index in [9.17, 15) is 9.59 Å². The van der Waals surface area contributed by atoms with Crippen LogP contribution in [0, 0.1) is 0 Å². The molecule has 0 aromatic carbocycles. The lowest BCUT2D eigenvalue weighted by atomic mass is 10.3. The summed E-state index contributed by atoms with van der Waals surface area (Å²) in [7, 11) is 0. The molecule has 0 aromatic heterocycles. The van der Waals surface area contributed by atoms with Gasteiger partial charge in [0, 0.05) is 18.9 Å². The zero-order valence-corrected chi connectivity index (χ0v) is 7.53. The lowest BCUT2D eigenvalue weighted by molar-refractivity contribution is -0.144. The van der Waals surface area contributed by atoms with Crippen LogP contribution in [-0.4, -0.2) is 23.2 Å². The second kappa shape index (κ2) is 4.45. The second-order valence-electron chi connectivity index (χ2n) is 2.86. The van der Waals surface area contributed by atoms with Crippen molar-refractivity contribution in [2.45, 2.75) is 19.1 Å². The molecule has 0 saturated carbocycles. The fourth-order valence-corrected chi connectivity index (χ4v) is 1.02. The standard InChI is InChI=1S/C9H11NO4/c1-6(11)2-5-9(13)14-8-4-3-7(12)10-8/h2,5,8,11H,1,3-4H2,(H,10,12)/b5-2+. The van der Waals surface area contributed by atoms with Gasteiger partial charge in [-0.15, -0.1) is 0 Å². The van der Waals surface area contributed by atoms with Crippen LogP contribution >= 0.6 is 0 Å². The first-order valence-electron chi connectivity index (χ1n) is 4.14. The van der Waals surface area contributed by atoms with Gasteiger partial charge in [-0.2, -0.15) is 0 Å². The summed E-state index contributed by atoms with van der Waals surface area (Å²) in [6.45, 7) is 3.16. The Kier molecular flexibility index (Phi) is 3.28. The fourth-order valence-electron chi connectivity index (χ4n) is 1.02. The van der Waals surface area contributed by atoms with Crippen molar-refractivity contribution < 1.29 is 19.4 Å². The third kappa shape index (κ3) is 3.30. The Balaban J connectivity index is 2.34. The molecule has 1 aliphatic rings. The Hall–Kier alpha value is -1.78. The molecule has 0 bridgehead atoms. The van der Waals surface area contributed by atoms with Crippen LogP contribution in [0.2, 0.25) is 0 Å². The van der Waals surface area contributed by atoms with Crippen molar-refractivity contribution in [3.63, 3.8) is 0 Å². The molecule has 1 unspecified atom stereocenters. The Morgan fingerprint density at radius 3 is 2.86 bits per heavy atom. The summed E-state index contributed by atoms with van der Waals surface area (Å²) >= 11 is 0. The molecule has 5 heteroatoms. The van der Waals surface area contributed by atoms with Crippen molar-refractivity contribution in [1.29, 1.82) is 0 Å². The summed E-state index contributed by atoms with van der Waals surface area (Å²) in [6, 6.07) is 0. The van der Waals surface area contributed by atoms with E-state index >= 15 is 0 Å². The van der Waals surface area contributed by atoms with Crippen molar-refractivity contribution in [3.05, 3.63) is 24.5 Å². The minimum atomic E-state index is -0.618. The van der Waals surface area contributed by atoms with Crippen LogP contribution < -0.4 is 5.32 Å². The van der Waals surface area contributed by atoms with Crippen molar-refractivity contribution in [2.75, 3.05) is 0 Å². The molecule has 0 aromatic rings. The van der Waals surface area contributed by atoms with Gasteiger partial charge in [0.05, 0.1) is 0 Å². The van der Waals surface area contributed by atoms with Crippen LogP contribution in [-0.2, 0) is 14.3 Å². The smallest absolute Gasteiger partial charge is 0.332 e. The molecule has 0 radical (unpaired) electrons. The van der Waals surface area contributed by atoms with Crippen LogP contribution in [0.3, 0.4) is 0 Å². The molecule has 0 spiro atoms. The van der Waals surface area contributed by atoms with Gasteiger partial charge in [0.2, 0.25) is 5.91 Å². The highest BCUT2D eigenvalue weighted by Gasteiger charge is 2.22. The molecular formula is C9H11NO4. The molecule has 1 amide bonds. The molecule has 1 aliphatic heterocycles. The molecule has 0 aliphatic carbocycles. The molecular weight excluding hydrogens is 186 g/mol. The first-order valence-corrected chi connectivity index (χ1v) is 4.14. The Labute approximate surface area is 81.1 Å². The minimum absolute atomic E-state index is 0.127. The highest BCUT2D eigenvalue weighted by molar-refractivity contribution is 5.83. The average molecular weight is 197 g/mol. The maximum atomic E-state index is 11.0. The van der Waals surface area contributed by atoms with Crippen molar-refractivity contribution in [2.24, 2.45) is 0 Å². The number of carbonyl (C=O) groups is 2. The van der Waals surface area contributed by atoms with Crippen molar-refractivity contribution in [1.82, 2.24) is 5.32 Å². The van der Waals surface area contributed by atoms with Gasteiger partial charge in [-0.1, -0.05) is 6.58 Å². The number of hydrogen-bond donors (Lipinski definition) is 2. The number of aliphatic hydroxyl groups excluding tert-OH is 1. The number of ether oxygens (including phenoxy) is 1. The SMILES string of the molecule is C=C(O)/C=C/C(=O)OC1CCC(=O)N1. The van der Waals surface area contributed by atoms with Gasteiger partial charge >= 0.3 is 5.97 Å². The van der Waals surface area contributed by atoms with E-state index in [0.29, 0.717) is 12.8 Å². The molecule has 1 fully saturated rings. The van der Waals surface area contributed by atoms with Crippen LogP contribution in [0.5, 0.6) is 0 Å². The van der Waals surface area contributed by atoms with Crippen molar-refractivity contribution >= 4 is 11.9 Å². The highest BCUT2D eigenvalue weighted by Crippen LogP contribution is 2.07. The van der Waals surface area contributed by atoms with E-state index in [1.165, 1.54) is 0 Å². The number of rotatable bonds is 3. The largest absolute Gasteiger partial charge is 0.509 e. The molecule has 5 nitrogen and oxygen atoms in total. The number of aliphatic hydroxyl groups is 1. The molecule has 1 heterocycles. The van der Waals surface area contributed by atoms with Gasteiger partial charge in [-0.3, -0.25) is 4.79 Å². The first kappa shape index (κ1) is 10.3. The average Bonchev–Trinajstić information content (AvgIpc) is 2.48. The predicted octanol–water partition coefficient (Wildman–Crippen LogP) is 0.394. The number of hydrogen-bond acceptors (Lipinski definition) is 4. The third-order valence-corrected chi connectivity index (χ3v) is 1.63. The van der Waals surface area contributed by atoms with Gasteiger partial charge in [0.15, 0.2) is 6.23 Å². The van der Waals surface area contributed by atoms with Crippen molar-refractivity contribution in [3.8, 4) is 0 Å². The first-order chi connectivity index (χ1) is 6.58. The van der Waals surface area contributed by atoms with E-state index in [0.717, 1.165) is 12.2 Å². The zero-order valence-electron chi connectivity index (χ0n) is 7.53. The summed E-state index contributed by atoms with van der Waals surface area (Å²) < 4.78 is 4.82. The van der Waals surface area contributed by atoms with Crippen LogP contribution in [0.15, 0.2) is 24.5 Å². The number of amides is 1. The summed E-state index contributed by atoms with van der Waals surface area (Å²) in [5.41, 5.74) is 0. The molecule has 1 rings (SSSR count). The lowest BCUT2D eigenvalue weighted by Gasteiger charge is -2.08. The maximum absolute atomic E-state index is 11.0. The summed E-state index contributed by atoms with van der Waals surface area (Å²) in [5.74, 6) is -0.969. The predicted molar refractivity (Wildman–Crippen MR) is 48.2 cm³/mol. The van der Waals surface area contributed by atoms with Gasteiger partial charge in [-0.25, -0.2) is 4.79 Å². The number of nitrogens with one attached hydrogen (secondary N) is 1. The minimum Gasteiger partial charge on any atom is -0.509 e. The number of carbonyl (C=O) groups excluding carboxylic acids is 2. The maximum Gasteiger partial charge on any atom is 0.332 e. The third-order valence-electron chi connectivity index (χ3n) is 1.63. The van der Waals surface area contributed by atoms with E-state index in [4.69, 9.17) is 9.84 Å². The van der Waals surface area contributed by atoms with E-state index < -0.39 is 12.2 Å². The Bertz CT molecular complexity index is 295. The van der Waals surface area contributed by atoms with Crippen LogP contribution in [0.4, 0.5) is 0 Å². The van der Waals surface area contributed by atoms with Gasteiger partial charge in [0.1, 0.15) is 5.76 Å². The summed E-state index contributed by atoms with van der Waals surface area (Å²) in [4.78, 5) is 21.7. The molecule has 14 heavy (non-hydrogen) atoms. The lowest BCUT2D eigenvalue weighted by Crippen LogP contribution is -2.29. The van der Waals surface area contributed by atoms with Crippen LogP contribution in [0.1, 0.15) is 12.8 Å². The molecule has 1 atom stereocenters. The van der Waals surface area contributed by atoms with Gasteiger partial charge < -0.3 is 15.2 Å². The van der Waals surface area contributed by atoms with Gasteiger partial charge in [-0.05, 0) is 6.08 Å². The normalized spacial score (nSPS) is 20.9. The molecule has 76 valence electrons. The van der Waals surface area contributed by atoms with E-state index in [1.54, 1.807) is 0 Å². The monoisotopic (exact) mass is 197 g/mol. The quantitative estimate of drug-likeness (QED) is 0.297. The fraction of sp³-hybridized carbons (Fsp3) is 0.333. The van der Waals surface area contributed by atoms with E-state index in [-0.39, 0.29) is 11.7 Å². The number of esters is 1. The number of allylic oxidation sites excluding steroid dienone is 1. The Morgan fingerprint density at radius 2 is 2.36 bits per heavy atom. The van der Waals surface area contributed by atoms with E-state index in [1.807, 2.05) is 0 Å². The summed E-state index contributed by atoms with van der Waals surface area (Å²) in [5, 5.41) is 11.1. The summed E-state index contributed by atoms with van der Waals surface area (Å²) in [6.07, 6.45) is 2.48. The topological polar surface area (TPSA) is 75.6 Å². The zero-order chi connectivity index (χ0) is 10.6.